The molecule has 5 rings (SSSR count). The molecule has 196 valence electrons. The number of rotatable bonds is 6. The van der Waals surface area contributed by atoms with E-state index in [9.17, 15) is 26.4 Å². The molecule has 1 aliphatic carbocycles. The molecule has 0 aromatic heterocycles. The minimum absolute atomic E-state index is 0.0394. The Morgan fingerprint density at radius 1 is 1.31 bits per heavy atom. The minimum atomic E-state index is -4.68. The zero-order chi connectivity index (χ0) is 26.0. The fraction of sp³-hybridized carbons (Fsp3) is 0.542. The highest BCUT2D eigenvalue weighted by Gasteiger charge is 2.54. The maximum absolute atomic E-state index is 13.3. The van der Waals surface area contributed by atoms with Crippen molar-refractivity contribution >= 4 is 27.7 Å². The minimum Gasteiger partial charge on any atom is -0.481 e. The van der Waals surface area contributed by atoms with Gasteiger partial charge in [-0.2, -0.15) is 13.2 Å². The van der Waals surface area contributed by atoms with Gasteiger partial charge in [-0.3, -0.25) is 9.69 Å². The number of carbonyl (C=O) groups is 1. The lowest BCUT2D eigenvalue weighted by Gasteiger charge is -2.45. The normalized spacial score (nSPS) is 31.4. The van der Waals surface area contributed by atoms with Crippen LogP contribution in [0.4, 0.5) is 13.2 Å². The Morgan fingerprint density at radius 2 is 2.03 bits per heavy atom. The van der Waals surface area contributed by atoms with Gasteiger partial charge in [-0.1, -0.05) is 35.9 Å². The highest BCUT2D eigenvalue weighted by atomic mass is 35.5. The molecule has 2 bridgehead atoms. The van der Waals surface area contributed by atoms with Crippen LogP contribution in [0.15, 0.2) is 47.4 Å². The standard InChI is InChI=1S/C24H26ClF3N2O5S/c1-14(24(26,27)28)35-20-7-8-23(25,36(2,32)33)21(19(20)12-31)30-10-15-5-3-4-6-18(15)22(30)29-11-17-9-16(29)13-34-17/h3-7,12,14,16-17,22H,8-11,13H2,1-2H3/t14-,16-,17?,22-,23?/m0/s1. The Balaban J connectivity index is 1.66. The van der Waals surface area contributed by atoms with Gasteiger partial charge in [-0.25, -0.2) is 8.42 Å². The van der Waals surface area contributed by atoms with Gasteiger partial charge in [0.25, 0.3) is 0 Å². The Bertz CT molecular complexity index is 1250. The maximum Gasteiger partial charge on any atom is 0.425 e. The maximum atomic E-state index is 13.3. The predicted molar refractivity (Wildman–Crippen MR) is 125 cm³/mol. The third-order valence-electron chi connectivity index (χ3n) is 7.41. The van der Waals surface area contributed by atoms with E-state index in [4.69, 9.17) is 21.1 Å². The molecule has 2 unspecified atom stereocenters. The number of sulfone groups is 1. The third kappa shape index (κ3) is 4.04. The molecular weight excluding hydrogens is 521 g/mol. The first-order valence-electron chi connectivity index (χ1n) is 11.6. The van der Waals surface area contributed by atoms with Gasteiger partial charge in [0.1, 0.15) is 11.9 Å². The number of alkyl halides is 4. The summed E-state index contributed by atoms with van der Waals surface area (Å²) in [5.41, 5.74) is 1.49. The van der Waals surface area contributed by atoms with Crippen LogP contribution < -0.4 is 0 Å². The summed E-state index contributed by atoms with van der Waals surface area (Å²) in [6, 6.07) is 7.66. The van der Waals surface area contributed by atoms with E-state index in [2.05, 4.69) is 4.90 Å². The lowest BCUT2D eigenvalue weighted by molar-refractivity contribution is -0.202. The highest BCUT2D eigenvalue weighted by Crippen LogP contribution is 2.51. The van der Waals surface area contributed by atoms with Crippen molar-refractivity contribution in [3.05, 3.63) is 58.5 Å². The monoisotopic (exact) mass is 546 g/mol. The van der Waals surface area contributed by atoms with Crippen LogP contribution in [-0.2, 0) is 30.7 Å². The molecule has 3 heterocycles. The summed E-state index contributed by atoms with van der Waals surface area (Å²) in [7, 11) is -4.04. The molecule has 2 saturated heterocycles. The van der Waals surface area contributed by atoms with Crippen LogP contribution in [0.2, 0.25) is 0 Å². The molecule has 1 aromatic rings. The van der Waals surface area contributed by atoms with Crippen molar-refractivity contribution < 1.29 is 35.9 Å². The molecule has 0 spiro atoms. The second kappa shape index (κ2) is 8.75. The van der Waals surface area contributed by atoms with Gasteiger partial charge < -0.3 is 14.4 Å². The quantitative estimate of drug-likeness (QED) is 0.398. The first-order chi connectivity index (χ1) is 16.8. The molecule has 0 N–H and O–H groups in total. The second-order valence-electron chi connectivity index (χ2n) is 9.70. The second-order valence-corrected chi connectivity index (χ2v) is 12.8. The van der Waals surface area contributed by atoms with E-state index in [1.165, 1.54) is 0 Å². The van der Waals surface area contributed by atoms with Crippen molar-refractivity contribution in [2.45, 2.75) is 61.1 Å². The van der Waals surface area contributed by atoms with E-state index < -0.39 is 32.5 Å². The molecule has 0 saturated carbocycles. The van der Waals surface area contributed by atoms with Crippen LogP contribution in [0, 0.1) is 0 Å². The first kappa shape index (κ1) is 25.6. The lowest BCUT2D eigenvalue weighted by Crippen LogP contribution is -2.50. The summed E-state index contributed by atoms with van der Waals surface area (Å²) in [6.07, 6.45) is -4.39. The van der Waals surface area contributed by atoms with Crippen LogP contribution in [0.25, 0.3) is 0 Å². The van der Waals surface area contributed by atoms with E-state index >= 15 is 0 Å². The van der Waals surface area contributed by atoms with E-state index in [1.807, 2.05) is 24.3 Å². The molecule has 3 aliphatic heterocycles. The number of nitrogens with zero attached hydrogens (tertiary/aromatic N) is 2. The largest absolute Gasteiger partial charge is 0.481 e. The topological polar surface area (TPSA) is 76.2 Å². The predicted octanol–water partition coefficient (Wildman–Crippen LogP) is 3.66. The van der Waals surface area contributed by atoms with Crippen LogP contribution in [0.5, 0.6) is 0 Å². The number of ether oxygens (including phenoxy) is 2. The molecule has 0 amide bonds. The summed E-state index contributed by atoms with van der Waals surface area (Å²) in [6.45, 7) is 2.18. The van der Waals surface area contributed by atoms with Crippen molar-refractivity contribution in [3.63, 3.8) is 0 Å². The molecule has 5 atom stereocenters. The fourth-order valence-corrected chi connectivity index (χ4v) is 6.84. The summed E-state index contributed by atoms with van der Waals surface area (Å²) in [4.78, 5) is 16.4. The van der Waals surface area contributed by atoms with E-state index in [-0.39, 0.29) is 42.1 Å². The van der Waals surface area contributed by atoms with Crippen molar-refractivity contribution in [3.8, 4) is 0 Å². The molecule has 36 heavy (non-hydrogen) atoms. The van der Waals surface area contributed by atoms with Gasteiger partial charge in [0, 0.05) is 31.8 Å². The average Bonchev–Trinajstić information content (AvgIpc) is 3.52. The molecule has 1 aromatic carbocycles. The van der Waals surface area contributed by atoms with Gasteiger partial charge in [-0.05, 0) is 30.5 Å². The zero-order valence-corrected chi connectivity index (χ0v) is 21.2. The van der Waals surface area contributed by atoms with Crippen molar-refractivity contribution in [1.82, 2.24) is 9.80 Å². The number of carbonyl (C=O) groups excluding carboxylic acids is 1. The summed E-state index contributed by atoms with van der Waals surface area (Å²) < 4.78 is 74.9. The van der Waals surface area contributed by atoms with Gasteiger partial charge >= 0.3 is 6.18 Å². The fourth-order valence-electron chi connectivity index (χ4n) is 5.58. The number of allylic oxidation sites excluding steroid dienone is 2. The number of hydrogen-bond acceptors (Lipinski definition) is 7. The molecule has 7 nitrogen and oxygen atoms in total. The average molecular weight is 547 g/mol. The van der Waals surface area contributed by atoms with E-state index in [1.54, 1.807) is 4.90 Å². The Morgan fingerprint density at radius 3 is 2.61 bits per heavy atom. The van der Waals surface area contributed by atoms with Crippen LogP contribution in [0.1, 0.15) is 37.1 Å². The van der Waals surface area contributed by atoms with Crippen molar-refractivity contribution in [2.75, 3.05) is 19.4 Å². The molecule has 4 aliphatic rings. The number of morpholine rings is 1. The van der Waals surface area contributed by atoms with Gasteiger partial charge in [0.2, 0.25) is 0 Å². The van der Waals surface area contributed by atoms with Crippen molar-refractivity contribution in [2.24, 2.45) is 0 Å². The number of halogens is 4. The van der Waals surface area contributed by atoms with E-state index in [0.29, 0.717) is 19.4 Å². The Hall–Kier alpha value is -2.08. The summed E-state index contributed by atoms with van der Waals surface area (Å²) in [5.74, 6) is -0.328. The van der Waals surface area contributed by atoms with Crippen molar-refractivity contribution in [1.29, 1.82) is 0 Å². The summed E-state index contributed by atoms with van der Waals surface area (Å²) in [5, 5.41) is 0. The molecule has 12 heteroatoms. The van der Waals surface area contributed by atoms with Gasteiger partial charge in [0.05, 0.1) is 24.0 Å². The number of likely N-dealkylation sites (tertiary alicyclic amines) is 1. The molecule has 0 radical (unpaired) electrons. The molecular formula is C24H26ClF3N2O5S. The van der Waals surface area contributed by atoms with Crippen LogP contribution in [0.3, 0.4) is 0 Å². The Labute approximate surface area is 212 Å². The smallest absolute Gasteiger partial charge is 0.425 e. The highest BCUT2D eigenvalue weighted by molar-refractivity contribution is 7.93. The Kier molecular flexibility index (Phi) is 6.21. The number of hydrogen-bond donors (Lipinski definition) is 0. The van der Waals surface area contributed by atoms with Gasteiger partial charge in [-0.15, -0.1) is 0 Å². The van der Waals surface area contributed by atoms with Crippen LogP contribution >= 0.6 is 11.6 Å². The first-order valence-corrected chi connectivity index (χ1v) is 13.9. The van der Waals surface area contributed by atoms with Gasteiger partial charge in [0.15, 0.2) is 26.4 Å². The number of aldehydes is 1. The van der Waals surface area contributed by atoms with E-state index in [0.717, 1.165) is 36.8 Å². The third-order valence-corrected chi connectivity index (χ3v) is 10.1. The van der Waals surface area contributed by atoms with Crippen LogP contribution in [-0.4, -0.2) is 72.5 Å². The number of benzene rings is 1. The number of fused-ring (bicyclic) bond motifs is 3. The SMILES string of the molecule is C[C@H](OC1=CCC(Cl)(S(C)(=O)=O)C(N2Cc3ccccc3[C@H]2N2CC3C[C@H]2CO3)=C1C=O)C(F)(F)F. The summed E-state index contributed by atoms with van der Waals surface area (Å²) >= 11 is 6.84. The molecule has 2 fully saturated rings. The zero-order valence-electron chi connectivity index (χ0n) is 19.7. The lowest BCUT2D eigenvalue weighted by atomic mass is 9.99.